The molecule has 1 atom stereocenters. The van der Waals surface area contributed by atoms with Crippen molar-refractivity contribution in [1.29, 1.82) is 0 Å². The van der Waals surface area contributed by atoms with Crippen LogP contribution >= 0.6 is 11.3 Å². The highest BCUT2D eigenvalue weighted by Crippen LogP contribution is 2.38. The summed E-state index contributed by atoms with van der Waals surface area (Å²) in [5, 5.41) is 4.88. The number of likely N-dealkylation sites (tertiary alicyclic amines) is 1. The number of carbonyl (C=O) groups excluding carboxylic acids is 3. The van der Waals surface area contributed by atoms with Gasteiger partial charge in [0.05, 0.1) is 19.3 Å². The van der Waals surface area contributed by atoms with E-state index in [0.717, 1.165) is 4.88 Å². The van der Waals surface area contributed by atoms with Gasteiger partial charge in [0, 0.05) is 37.4 Å². The summed E-state index contributed by atoms with van der Waals surface area (Å²) in [5.74, 6) is -0.0625. The molecule has 3 amide bonds. The molecule has 9 heteroatoms. The molecule has 4 rings (SSSR count). The highest BCUT2D eigenvalue weighted by atomic mass is 32.1. The topological polar surface area (TPSA) is 92.1 Å². The van der Waals surface area contributed by atoms with Gasteiger partial charge in [0.2, 0.25) is 11.8 Å². The molecule has 2 saturated heterocycles. The van der Waals surface area contributed by atoms with E-state index >= 15 is 0 Å². The molecular weight excluding hydrogens is 430 g/mol. The maximum atomic E-state index is 13.4. The summed E-state index contributed by atoms with van der Waals surface area (Å²) in [6.07, 6.45) is 2.71. The number of hydrogen-bond donors (Lipinski definition) is 1. The third-order valence-corrected chi connectivity index (χ3v) is 6.88. The molecule has 0 saturated carbocycles. The van der Waals surface area contributed by atoms with Gasteiger partial charge < -0.3 is 19.4 Å². The third kappa shape index (κ3) is 4.59. The Balaban J connectivity index is 1.49. The molecular formula is C23H29N3O5S. The molecule has 1 N–H and O–H groups in total. The zero-order valence-electron chi connectivity index (χ0n) is 18.4. The Morgan fingerprint density at radius 3 is 2.62 bits per heavy atom. The molecule has 2 fully saturated rings. The van der Waals surface area contributed by atoms with Gasteiger partial charge in [-0.1, -0.05) is 19.9 Å². The fraction of sp³-hybridized carbons (Fsp3) is 0.522. The van der Waals surface area contributed by atoms with Crippen molar-refractivity contribution in [2.75, 3.05) is 26.2 Å². The maximum Gasteiger partial charge on any atom is 0.292 e. The molecule has 8 nitrogen and oxygen atoms in total. The molecule has 1 unspecified atom stereocenters. The first kappa shape index (κ1) is 22.5. The number of ether oxygens (including phenoxy) is 1. The monoisotopic (exact) mass is 459 g/mol. The fourth-order valence-corrected chi connectivity index (χ4v) is 4.98. The number of nitrogens with zero attached hydrogens (tertiary/aromatic N) is 2. The summed E-state index contributed by atoms with van der Waals surface area (Å²) in [7, 11) is 0. The Kier molecular flexibility index (Phi) is 6.66. The molecule has 2 aliphatic rings. The Bertz CT molecular complexity index is 933. The molecule has 32 heavy (non-hydrogen) atoms. The van der Waals surface area contributed by atoms with E-state index < -0.39 is 11.8 Å². The quantitative estimate of drug-likeness (QED) is 0.717. The molecule has 0 bridgehead atoms. The summed E-state index contributed by atoms with van der Waals surface area (Å²) >= 11 is 1.57. The predicted octanol–water partition coefficient (Wildman–Crippen LogP) is 2.52. The number of carbonyl (C=O) groups is 3. The van der Waals surface area contributed by atoms with E-state index in [4.69, 9.17) is 9.15 Å². The van der Waals surface area contributed by atoms with Crippen LogP contribution in [0.15, 0.2) is 40.3 Å². The standard InChI is InChI=1S/C23H29N3O5S/c1-16(2)14-24-21(28)18-15-31-23(26(18)22(29)19-6-3-11-30-19)7-9-25(10-8-23)20(27)13-17-5-4-12-32-17/h3-6,11-12,16,18H,7-10,13-15H2,1-2H3,(H,24,28). The van der Waals surface area contributed by atoms with Gasteiger partial charge in [0.25, 0.3) is 5.91 Å². The average Bonchev–Trinajstić information content (AvgIpc) is 3.54. The van der Waals surface area contributed by atoms with E-state index in [1.807, 2.05) is 36.3 Å². The lowest BCUT2D eigenvalue weighted by atomic mass is 9.97. The van der Waals surface area contributed by atoms with E-state index in [9.17, 15) is 14.4 Å². The summed E-state index contributed by atoms with van der Waals surface area (Å²) in [6, 6.07) is 6.40. The van der Waals surface area contributed by atoms with Gasteiger partial charge in [-0.05, 0) is 29.5 Å². The summed E-state index contributed by atoms with van der Waals surface area (Å²) < 4.78 is 11.5. The van der Waals surface area contributed by atoms with Gasteiger partial charge >= 0.3 is 0 Å². The number of piperidine rings is 1. The number of amides is 3. The zero-order valence-corrected chi connectivity index (χ0v) is 19.2. The highest BCUT2D eigenvalue weighted by molar-refractivity contribution is 7.10. The first-order chi connectivity index (χ1) is 15.4. The van der Waals surface area contributed by atoms with Gasteiger partial charge in [-0.25, -0.2) is 0 Å². The number of hydrogen-bond acceptors (Lipinski definition) is 6. The molecule has 2 aromatic rings. The minimum Gasteiger partial charge on any atom is -0.459 e. The molecule has 2 aliphatic heterocycles. The van der Waals surface area contributed by atoms with Crippen molar-refractivity contribution in [2.45, 2.75) is 44.9 Å². The van der Waals surface area contributed by atoms with E-state index in [1.165, 1.54) is 6.26 Å². The largest absolute Gasteiger partial charge is 0.459 e. The number of thiophene rings is 1. The second kappa shape index (κ2) is 9.46. The fourth-order valence-electron chi connectivity index (χ4n) is 4.29. The minimum absolute atomic E-state index is 0.0652. The van der Waals surface area contributed by atoms with E-state index in [1.54, 1.807) is 28.4 Å². The Morgan fingerprint density at radius 2 is 2.00 bits per heavy atom. The van der Waals surface area contributed by atoms with Crippen LogP contribution in [-0.2, 0) is 20.7 Å². The van der Waals surface area contributed by atoms with Gasteiger partial charge in [-0.3, -0.25) is 19.3 Å². The zero-order chi connectivity index (χ0) is 22.7. The van der Waals surface area contributed by atoms with Crippen LogP contribution in [0.5, 0.6) is 0 Å². The van der Waals surface area contributed by atoms with Crippen molar-refractivity contribution in [3.8, 4) is 0 Å². The van der Waals surface area contributed by atoms with E-state index in [-0.39, 0.29) is 30.1 Å². The molecule has 0 aliphatic carbocycles. The minimum atomic E-state index is -0.927. The van der Waals surface area contributed by atoms with Gasteiger partial charge in [-0.15, -0.1) is 11.3 Å². The Hall–Kier alpha value is -2.65. The second-order valence-electron chi connectivity index (χ2n) is 8.70. The first-order valence-electron chi connectivity index (χ1n) is 11.0. The van der Waals surface area contributed by atoms with Crippen LogP contribution in [0.4, 0.5) is 0 Å². The summed E-state index contributed by atoms with van der Waals surface area (Å²) in [5.41, 5.74) is -0.927. The second-order valence-corrected chi connectivity index (χ2v) is 9.73. The van der Waals surface area contributed by atoms with Crippen molar-refractivity contribution < 1.29 is 23.5 Å². The van der Waals surface area contributed by atoms with Crippen LogP contribution in [0.2, 0.25) is 0 Å². The van der Waals surface area contributed by atoms with Crippen LogP contribution in [0.1, 0.15) is 42.1 Å². The van der Waals surface area contributed by atoms with Crippen LogP contribution in [0.25, 0.3) is 0 Å². The predicted molar refractivity (Wildman–Crippen MR) is 119 cm³/mol. The van der Waals surface area contributed by atoms with Gasteiger partial charge in [-0.2, -0.15) is 0 Å². The van der Waals surface area contributed by atoms with Crippen LogP contribution in [-0.4, -0.2) is 65.5 Å². The highest BCUT2D eigenvalue weighted by Gasteiger charge is 2.54. The van der Waals surface area contributed by atoms with Crippen LogP contribution < -0.4 is 5.32 Å². The molecule has 2 aromatic heterocycles. The summed E-state index contributed by atoms with van der Waals surface area (Å²) in [6.45, 7) is 5.61. The number of rotatable bonds is 6. The smallest absolute Gasteiger partial charge is 0.292 e. The van der Waals surface area contributed by atoms with Gasteiger partial charge in [0.15, 0.2) is 5.76 Å². The molecule has 0 aromatic carbocycles. The van der Waals surface area contributed by atoms with Crippen molar-refractivity contribution in [3.05, 3.63) is 46.5 Å². The van der Waals surface area contributed by atoms with Crippen LogP contribution in [0.3, 0.4) is 0 Å². The van der Waals surface area contributed by atoms with E-state index in [2.05, 4.69) is 5.32 Å². The maximum absolute atomic E-state index is 13.4. The SMILES string of the molecule is CC(C)CNC(=O)C1COC2(CCN(C(=O)Cc3cccs3)CC2)N1C(=O)c1ccco1. The number of furan rings is 1. The molecule has 172 valence electrons. The number of nitrogens with one attached hydrogen (secondary N) is 1. The normalized spacial score (nSPS) is 20.2. The lowest BCUT2D eigenvalue weighted by Crippen LogP contribution is -2.60. The summed E-state index contributed by atoms with van der Waals surface area (Å²) in [4.78, 5) is 43.4. The van der Waals surface area contributed by atoms with E-state index in [0.29, 0.717) is 44.8 Å². The lowest BCUT2D eigenvalue weighted by molar-refractivity contribution is -0.143. The van der Waals surface area contributed by atoms with Crippen molar-refractivity contribution in [3.63, 3.8) is 0 Å². The Labute approximate surface area is 191 Å². The Morgan fingerprint density at radius 1 is 1.22 bits per heavy atom. The third-order valence-electron chi connectivity index (χ3n) is 6.00. The van der Waals surface area contributed by atoms with Gasteiger partial charge in [0.1, 0.15) is 11.8 Å². The molecule has 0 radical (unpaired) electrons. The van der Waals surface area contributed by atoms with Crippen molar-refractivity contribution >= 4 is 29.1 Å². The lowest BCUT2D eigenvalue weighted by Gasteiger charge is -2.44. The van der Waals surface area contributed by atoms with Crippen molar-refractivity contribution in [1.82, 2.24) is 15.1 Å². The van der Waals surface area contributed by atoms with Crippen LogP contribution in [0, 0.1) is 5.92 Å². The van der Waals surface area contributed by atoms with Crippen molar-refractivity contribution in [2.24, 2.45) is 5.92 Å². The first-order valence-corrected chi connectivity index (χ1v) is 11.9. The molecule has 1 spiro atoms. The molecule has 4 heterocycles. The average molecular weight is 460 g/mol.